The van der Waals surface area contributed by atoms with E-state index in [0.29, 0.717) is 16.3 Å². The highest BCUT2D eigenvalue weighted by molar-refractivity contribution is 7.98. The highest BCUT2D eigenvalue weighted by Crippen LogP contribution is 2.43. The summed E-state index contributed by atoms with van der Waals surface area (Å²) in [5.74, 6) is -1.03. The van der Waals surface area contributed by atoms with Gasteiger partial charge in [-0.2, -0.15) is 11.3 Å². The van der Waals surface area contributed by atoms with Crippen molar-refractivity contribution in [2.24, 2.45) is 7.05 Å². The molecule has 0 atom stereocenters. The molecule has 3 rings (SSSR count). The molecule has 3 aromatic rings. The average Bonchev–Trinajstić information content (AvgIpc) is 3.20. The van der Waals surface area contributed by atoms with Crippen LogP contribution in [0.25, 0.3) is 27.1 Å². The maximum Gasteiger partial charge on any atom is 0.351 e. The molecular formula is C18H14N2O2S2. The standard InChI is InChI=1S/C18H14N2O2S2/c1-19-15-14(16(18(21)22)20(2)17(15)23-3)12-6-4-11(5-7-12)13-8-9-24-10-13/h4-10H,2-3H3,(H,21,22). The van der Waals surface area contributed by atoms with Crippen molar-refractivity contribution in [3.8, 4) is 22.3 Å². The van der Waals surface area contributed by atoms with Gasteiger partial charge in [-0.15, -0.1) is 11.8 Å². The predicted octanol–water partition coefficient (Wildman–Crippen LogP) is 5.39. The zero-order chi connectivity index (χ0) is 17.3. The van der Waals surface area contributed by atoms with Crippen LogP contribution in [-0.4, -0.2) is 21.9 Å². The predicted molar refractivity (Wildman–Crippen MR) is 99.2 cm³/mol. The number of rotatable bonds is 4. The molecule has 4 nitrogen and oxygen atoms in total. The third-order valence-electron chi connectivity index (χ3n) is 3.85. The topological polar surface area (TPSA) is 46.6 Å². The first-order valence-corrected chi connectivity index (χ1v) is 9.25. The molecule has 2 aromatic heterocycles. The van der Waals surface area contributed by atoms with E-state index in [1.165, 1.54) is 11.8 Å². The second-order valence-corrected chi connectivity index (χ2v) is 6.72. The lowest BCUT2D eigenvalue weighted by atomic mass is 10.0. The molecular weight excluding hydrogens is 340 g/mol. The Labute approximate surface area is 148 Å². The molecule has 0 aliphatic heterocycles. The van der Waals surface area contributed by atoms with Gasteiger partial charge in [0.05, 0.1) is 11.6 Å². The zero-order valence-corrected chi connectivity index (χ0v) is 14.7. The first-order chi connectivity index (χ1) is 11.6. The fraction of sp³-hybridized carbons (Fsp3) is 0.111. The van der Waals surface area contributed by atoms with Gasteiger partial charge in [0.1, 0.15) is 5.69 Å². The van der Waals surface area contributed by atoms with E-state index in [-0.39, 0.29) is 5.69 Å². The third-order valence-corrected chi connectivity index (χ3v) is 5.39. The van der Waals surface area contributed by atoms with Gasteiger partial charge in [0, 0.05) is 12.6 Å². The second kappa shape index (κ2) is 6.56. The van der Waals surface area contributed by atoms with Crippen molar-refractivity contribution < 1.29 is 9.90 Å². The number of hydrogen-bond donors (Lipinski definition) is 1. The van der Waals surface area contributed by atoms with E-state index in [4.69, 9.17) is 6.57 Å². The average molecular weight is 354 g/mol. The van der Waals surface area contributed by atoms with Crippen LogP contribution in [0, 0.1) is 6.57 Å². The number of benzene rings is 1. The number of thiophene rings is 1. The third kappa shape index (κ3) is 2.62. The summed E-state index contributed by atoms with van der Waals surface area (Å²) in [6.45, 7) is 7.49. The Kier molecular flexibility index (Phi) is 4.47. The Hall–Kier alpha value is -2.49. The van der Waals surface area contributed by atoms with Crippen LogP contribution in [0.2, 0.25) is 0 Å². The maximum absolute atomic E-state index is 11.7. The number of nitrogens with zero attached hydrogens (tertiary/aromatic N) is 2. The van der Waals surface area contributed by atoms with E-state index in [1.54, 1.807) is 23.0 Å². The number of carboxylic acid groups (broad SMARTS) is 1. The highest BCUT2D eigenvalue weighted by Gasteiger charge is 2.26. The molecule has 0 saturated heterocycles. The summed E-state index contributed by atoms with van der Waals surface area (Å²) in [6.07, 6.45) is 1.85. The van der Waals surface area contributed by atoms with Crippen LogP contribution >= 0.6 is 23.1 Å². The normalized spacial score (nSPS) is 10.5. The monoisotopic (exact) mass is 354 g/mol. The largest absolute Gasteiger partial charge is 0.477 e. The van der Waals surface area contributed by atoms with Crippen LogP contribution in [0.5, 0.6) is 0 Å². The first kappa shape index (κ1) is 16.4. The summed E-state index contributed by atoms with van der Waals surface area (Å²) in [4.78, 5) is 15.3. The number of carboxylic acids is 1. The number of aromatic carboxylic acids is 1. The summed E-state index contributed by atoms with van der Waals surface area (Å²) in [6, 6.07) is 9.73. The Morgan fingerprint density at radius 1 is 1.21 bits per heavy atom. The van der Waals surface area contributed by atoms with Crippen molar-refractivity contribution >= 4 is 34.8 Å². The van der Waals surface area contributed by atoms with E-state index in [2.05, 4.69) is 10.2 Å². The number of hydrogen-bond acceptors (Lipinski definition) is 3. The summed E-state index contributed by atoms with van der Waals surface area (Å²) in [7, 11) is 1.69. The van der Waals surface area contributed by atoms with E-state index in [0.717, 1.165) is 16.7 Å². The summed E-state index contributed by atoms with van der Waals surface area (Å²) in [5, 5.41) is 14.4. The SMILES string of the molecule is [C-]#[N+]c1c(-c2ccc(-c3ccsc3)cc2)c(C(=O)O)n(C)c1SC. The van der Waals surface area contributed by atoms with Crippen LogP contribution in [0.3, 0.4) is 0 Å². The van der Waals surface area contributed by atoms with Gasteiger partial charge >= 0.3 is 5.97 Å². The van der Waals surface area contributed by atoms with Gasteiger partial charge in [-0.3, -0.25) is 0 Å². The first-order valence-electron chi connectivity index (χ1n) is 7.09. The van der Waals surface area contributed by atoms with E-state index >= 15 is 0 Å². The number of thioether (sulfide) groups is 1. The Morgan fingerprint density at radius 2 is 1.88 bits per heavy atom. The minimum atomic E-state index is -1.03. The second-order valence-electron chi connectivity index (χ2n) is 5.15. The van der Waals surface area contributed by atoms with Gasteiger partial charge in [0.2, 0.25) is 5.69 Å². The van der Waals surface area contributed by atoms with E-state index < -0.39 is 5.97 Å². The molecule has 1 aromatic carbocycles. The molecule has 0 saturated carbocycles. The van der Waals surface area contributed by atoms with Gasteiger partial charge in [-0.1, -0.05) is 24.3 Å². The summed E-state index contributed by atoms with van der Waals surface area (Å²) >= 11 is 3.01. The van der Waals surface area contributed by atoms with Crippen LogP contribution in [0.4, 0.5) is 5.69 Å². The molecule has 1 N–H and O–H groups in total. The van der Waals surface area contributed by atoms with Crippen LogP contribution in [0.1, 0.15) is 10.5 Å². The molecule has 0 spiro atoms. The van der Waals surface area contributed by atoms with Gasteiger partial charge in [0.15, 0.2) is 0 Å². The highest BCUT2D eigenvalue weighted by atomic mass is 32.2. The molecule has 0 aliphatic carbocycles. The lowest BCUT2D eigenvalue weighted by Crippen LogP contribution is -2.06. The van der Waals surface area contributed by atoms with Gasteiger partial charge in [-0.05, 0) is 39.8 Å². The molecule has 0 radical (unpaired) electrons. The number of carbonyl (C=O) groups is 1. The Balaban J connectivity index is 2.19. The molecule has 0 bridgehead atoms. The minimum Gasteiger partial charge on any atom is -0.477 e. The Bertz CT molecular complexity index is 933. The molecule has 0 fully saturated rings. The number of aromatic nitrogens is 1. The summed E-state index contributed by atoms with van der Waals surface area (Å²) < 4.78 is 1.59. The van der Waals surface area contributed by atoms with Crippen LogP contribution in [0.15, 0.2) is 46.1 Å². The van der Waals surface area contributed by atoms with Gasteiger partial charge in [-0.25, -0.2) is 9.64 Å². The molecule has 24 heavy (non-hydrogen) atoms. The van der Waals surface area contributed by atoms with Crippen LogP contribution in [-0.2, 0) is 7.05 Å². The fourth-order valence-electron chi connectivity index (χ4n) is 2.77. The molecule has 6 heteroatoms. The molecule has 2 heterocycles. The van der Waals surface area contributed by atoms with Crippen molar-refractivity contribution in [3.05, 3.63) is 58.2 Å². The van der Waals surface area contributed by atoms with Crippen molar-refractivity contribution in [2.75, 3.05) is 6.26 Å². The van der Waals surface area contributed by atoms with Crippen molar-refractivity contribution in [1.29, 1.82) is 0 Å². The fourth-order valence-corrected chi connectivity index (χ4v) is 4.14. The van der Waals surface area contributed by atoms with Gasteiger partial charge in [0.25, 0.3) is 0 Å². The maximum atomic E-state index is 11.7. The molecule has 0 amide bonds. The van der Waals surface area contributed by atoms with Gasteiger partial charge < -0.3 is 9.67 Å². The summed E-state index contributed by atoms with van der Waals surface area (Å²) in [5.41, 5.74) is 3.98. The molecule has 0 aliphatic rings. The van der Waals surface area contributed by atoms with E-state index in [9.17, 15) is 9.90 Å². The lowest BCUT2D eigenvalue weighted by molar-refractivity contribution is 0.0686. The zero-order valence-electron chi connectivity index (χ0n) is 13.1. The minimum absolute atomic E-state index is 0.147. The quantitative estimate of drug-likeness (QED) is 0.504. The Morgan fingerprint density at radius 3 is 2.38 bits per heavy atom. The smallest absolute Gasteiger partial charge is 0.351 e. The van der Waals surface area contributed by atoms with E-state index in [1.807, 2.05) is 42.0 Å². The molecule has 120 valence electrons. The van der Waals surface area contributed by atoms with Crippen molar-refractivity contribution in [3.63, 3.8) is 0 Å². The molecule has 0 unspecified atom stereocenters. The lowest BCUT2D eigenvalue weighted by Gasteiger charge is -2.06. The van der Waals surface area contributed by atoms with Crippen LogP contribution < -0.4 is 0 Å². The van der Waals surface area contributed by atoms with Crippen molar-refractivity contribution in [1.82, 2.24) is 4.57 Å². The van der Waals surface area contributed by atoms with Crippen molar-refractivity contribution in [2.45, 2.75) is 5.03 Å².